The van der Waals surface area contributed by atoms with E-state index in [0.717, 1.165) is 10.5 Å². The van der Waals surface area contributed by atoms with Gasteiger partial charge in [-0.15, -0.1) is 0 Å². The van der Waals surface area contributed by atoms with Crippen LogP contribution in [0.4, 0.5) is 5.69 Å². The summed E-state index contributed by atoms with van der Waals surface area (Å²) in [6.45, 7) is 0. The van der Waals surface area contributed by atoms with Gasteiger partial charge in [0.1, 0.15) is 5.82 Å². The number of hydrogen-bond acceptors (Lipinski definition) is 4. The fourth-order valence-corrected chi connectivity index (χ4v) is 3.47. The van der Waals surface area contributed by atoms with Crippen LogP contribution in [0.2, 0.25) is 0 Å². The first-order valence-electron chi connectivity index (χ1n) is 8.84. The van der Waals surface area contributed by atoms with Gasteiger partial charge < -0.3 is 10.1 Å². The van der Waals surface area contributed by atoms with Crippen LogP contribution >= 0.6 is 0 Å². The largest absolute Gasteiger partial charge is 0.478 e. The molecule has 0 saturated heterocycles. The second-order valence-electron chi connectivity index (χ2n) is 6.66. The molecule has 4 aromatic rings. The molecule has 1 aliphatic heterocycles. The summed E-state index contributed by atoms with van der Waals surface area (Å²) in [6.07, 6.45) is 0. The van der Waals surface area contributed by atoms with Crippen molar-refractivity contribution in [2.75, 3.05) is 4.90 Å². The molecule has 1 aromatic heterocycles. The van der Waals surface area contributed by atoms with Crippen molar-refractivity contribution in [3.05, 3.63) is 83.4 Å². The molecule has 0 radical (unpaired) electrons. The molecule has 0 spiro atoms. The summed E-state index contributed by atoms with van der Waals surface area (Å²) < 4.78 is 0. The lowest BCUT2D eigenvalue weighted by Crippen LogP contribution is -2.29. The standard InChI is InChI=1S/C22H13N3O4/c26-20-15-3-1-2-4-16(15)21(27)25(20)14-8-5-12(6-9-14)19-23-17-10-7-13(22(28)29)11-18(17)24-19/h1-11H,(H,23,24)(H,28,29). The van der Waals surface area contributed by atoms with E-state index in [-0.39, 0.29) is 17.4 Å². The van der Waals surface area contributed by atoms with Gasteiger partial charge in [0.2, 0.25) is 0 Å². The molecule has 0 aliphatic carbocycles. The number of carbonyl (C=O) groups excluding carboxylic acids is 2. The number of fused-ring (bicyclic) bond motifs is 2. The van der Waals surface area contributed by atoms with E-state index in [9.17, 15) is 14.4 Å². The van der Waals surface area contributed by atoms with Gasteiger partial charge in [0.05, 0.1) is 33.4 Å². The smallest absolute Gasteiger partial charge is 0.335 e. The minimum Gasteiger partial charge on any atom is -0.478 e. The van der Waals surface area contributed by atoms with Gasteiger partial charge in [-0.2, -0.15) is 0 Å². The number of H-pyrrole nitrogens is 1. The number of carbonyl (C=O) groups is 3. The molecule has 2 heterocycles. The average Bonchev–Trinajstić information content (AvgIpc) is 3.27. The van der Waals surface area contributed by atoms with Gasteiger partial charge in [-0.05, 0) is 54.6 Å². The summed E-state index contributed by atoms with van der Waals surface area (Å²) in [6, 6.07) is 18.3. The number of nitrogens with zero attached hydrogens (tertiary/aromatic N) is 2. The SMILES string of the molecule is O=C(O)c1ccc2nc(-c3ccc(N4C(=O)c5ccccc5C4=O)cc3)[nH]c2c1. The Hall–Kier alpha value is -4.26. The van der Waals surface area contributed by atoms with Crippen LogP contribution in [0.15, 0.2) is 66.7 Å². The normalized spacial score (nSPS) is 13.2. The number of anilines is 1. The minimum atomic E-state index is -1.01. The zero-order valence-corrected chi connectivity index (χ0v) is 14.9. The summed E-state index contributed by atoms with van der Waals surface area (Å²) in [5, 5.41) is 9.12. The molecular formula is C22H13N3O4. The first-order valence-corrected chi connectivity index (χ1v) is 8.84. The maximum atomic E-state index is 12.6. The van der Waals surface area contributed by atoms with E-state index in [2.05, 4.69) is 9.97 Å². The van der Waals surface area contributed by atoms with E-state index in [4.69, 9.17) is 5.11 Å². The lowest BCUT2D eigenvalue weighted by molar-refractivity contribution is 0.0696. The Kier molecular flexibility index (Phi) is 3.57. The van der Waals surface area contributed by atoms with Crippen molar-refractivity contribution in [2.45, 2.75) is 0 Å². The number of aromatic carboxylic acids is 1. The lowest BCUT2D eigenvalue weighted by Gasteiger charge is -2.14. The molecule has 0 unspecified atom stereocenters. The molecule has 0 bridgehead atoms. The van der Waals surface area contributed by atoms with Gasteiger partial charge in [0.15, 0.2) is 0 Å². The first-order chi connectivity index (χ1) is 14.0. The minimum absolute atomic E-state index is 0.175. The van der Waals surface area contributed by atoms with Crippen LogP contribution in [0.3, 0.4) is 0 Å². The van der Waals surface area contributed by atoms with Crippen LogP contribution in [0.25, 0.3) is 22.4 Å². The second kappa shape index (κ2) is 6.13. The number of aromatic nitrogens is 2. The summed E-state index contributed by atoms with van der Waals surface area (Å²) in [7, 11) is 0. The van der Waals surface area contributed by atoms with Crippen molar-refractivity contribution in [3.63, 3.8) is 0 Å². The van der Waals surface area contributed by atoms with Gasteiger partial charge in [0, 0.05) is 5.56 Å². The Morgan fingerprint density at radius 1 is 0.897 bits per heavy atom. The average molecular weight is 383 g/mol. The molecular weight excluding hydrogens is 370 g/mol. The molecule has 3 aromatic carbocycles. The molecule has 0 saturated carbocycles. The summed E-state index contributed by atoms with van der Waals surface area (Å²) in [5.41, 5.74) is 3.45. The number of carboxylic acids is 1. The lowest BCUT2D eigenvalue weighted by atomic mass is 10.1. The molecule has 5 rings (SSSR count). The number of hydrogen-bond donors (Lipinski definition) is 2. The number of benzene rings is 3. The molecule has 2 amide bonds. The Balaban J connectivity index is 1.48. The summed E-state index contributed by atoms with van der Waals surface area (Å²) in [4.78, 5) is 45.1. The summed E-state index contributed by atoms with van der Waals surface area (Å²) >= 11 is 0. The third-order valence-corrected chi connectivity index (χ3v) is 4.92. The Morgan fingerprint density at radius 3 is 2.17 bits per heavy atom. The maximum absolute atomic E-state index is 12.6. The Bertz CT molecular complexity index is 1290. The number of aromatic amines is 1. The van der Waals surface area contributed by atoms with E-state index < -0.39 is 5.97 Å². The summed E-state index contributed by atoms with van der Waals surface area (Å²) in [5.74, 6) is -1.13. The fourth-order valence-electron chi connectivity index (χ4n) is 3.47. The van der Waals surface area contributed by atoms with Crippen LogP contribution in [-0.4, -0.2) is 32.9 Å². The highest BCUT2D eigenvalue weighted by Crippen LogP contribution is 2.30. The number of carboxylic acid groups (broad SMARTS) is 1. The topological polar surface area (TPSA) is 103 Å². The van der Waals surface area contributed by atoms with Crippen LogP contribution < -0.4 is 4.90 Å². The Labute approximate surface area is 164 Å². The van der Waals surface area contributed by atoms with Gasteiger partial charge >= 0.3 is 5.97 Å². The van der Waals surface area contributed by atoms with Crippen molar-refractivity contribution >= 4 is 34.5 Å². The molecule has 7 heteroatoms. The number of imide groups is 1. The fraction of sp³-hybridized carbons (Fsp3) is 0. The quantitative estimate of drug-likeness (QED) is 0.525. The Morgan fingerprint density at radius 2 is 1.55 bits per heavy atom. The highest BCUT2D eigenvalue weighted by atomic mass is 16.4. The number of nitrogens with one attached hydrogen (secondary N) is 1. The molecule has 7 nitrogen and oxygen atoms in total. The maximum Gasteiger partial charge on any atom is 0.335 e. The van der Waals surface area contributed by atoms with Crippen molar-refractivity contribution in [1.82, 2.24) is 9.97 Å². The van der Waals surface area contributed by atoms with Crippen LogP contribution in [0, 0.1) is 0 Å². The molecule has 29 heavy (non-hydrogen) atoms. The van der Waals surface area contributed by atoms with Gasteiger partial charge in [-0.3, -0.25) is 9.59 Å². The monoisotopic (exact) mass is 383 g/mol. The van der Waals surface area contributed by atoms with Crippen molar-refractivity contribution in [3.8, 4) is 11.4 Å². The van der Waals surface area contributed by atoms with Gasteiger partial charge in [0.25, 0.3) is 11.8 Å². The van der Waals surface area contributed by atoms with E-state index in [1.165, 1.54) is 12.1 Å². The van der Waals surface area contributed by atoms with Gasteiger partial charge in [-0.25, -0.2) is 14.7 Å². The highest BCUT2D eigenvalue weighted by molar-refractivity contribution is 6.34. The van der Waals surface area contributed by atoms with Crippen molar-refractivity contribution in [1.29, 1.82) is 0 Å². The number of imidazole rings is 1. The van der Waals surface area contributed by atoms with Crippen LogP contribution in [0.5, 0.6) is 0 Å². The third-order valence-electron chi connectivity index (χ3n) is 4.92. The first kappa shape index (κ1) is 16.9. The van der Waals surface area contributed by atoms with E-state index >= 15 is 0 Å². The zero-order chi connectivity index (χ0) is 20.1. The van der Waals surface area contributed by atoms with E-state index in [1.807, 2.05) is 0 Å². The van der Waals surface area contributed by atoms with Crippen molar-refractivity contribution < 1.29 is 19.5 Å². The predicted molar refractivity (Wildman–Crippen MR) is 106 cm³/mol. The molecule has 0 atom stereocenters. The number of amides is 2. The van der Waals surface area contributed by atoms with Crippen molar-refractivity contribution in [2.24, 2.45) is 0 Å². The molecule has 0 fully saturated rings. The number of rotatable bonds is 3. The van der Waals surface area contributed by atoms with Crippen LogP contribution in [0.1, 0.15) is 31.1 Å². The van der Waals surface area contributed by atoms with Gasteiger partial charge in [-0.1, -0.05) is 12.1 Å². The van der Waals surface area contributed by atoms with E-state index in [0.29, 0.717) is 33.7 Å². The third kappa shape index (κ3) is 2.60. The molecule has 2 N–H and O–H groups in total. The predicted octanol–water partition coefficient (Wildman–Crippen LogP) is 3.73. The van der Waals surface area contributed by atoms with E-state index in [1.54, 1.807) is 54.6 Å². The second-order valence-corrected chi connectivity index (χ2v) is 6.66. The molecule has 1 aliphatic rings. The van der Waals surface area contributed by atoms with Crippen LogP contribution in [-0.2, 0) is 0 Å². The highest BCUT2D eigenvalue weighted by Gasteiger charge is 2.36. The molecule has 140 valence electrons. The zero-order valence-electron chi connectivity index (χ0n) is 14.9.